The van der Waals surface area contributed by atoms with Gasteiger partial charge in [-0.1, -0.05) is 43.3 Å². The molecule has 0 spiro atoms. The molecule has 5 aromatic rings. The predicted molar refractivity (Wildman–Crippen MR) is 185 cm³/mol. The first kappa shape index (κ1) is 32.3. The number of amides is 2. The van der Waals surface area contributed by atoms with Crippen molar-refractivity contribution in [1.82, 2.24) is 4.90 Å². The van der Waals surface area contributed by atoms with Crippen molar-refractivity contribution in [3.05, 3.63) is 123 Å². The van der Waals surface area contributed by atoms with Crippen LogP contribution in [0.3, 0.4) is 0 Å². The van der Waals surface area contributed by atoms with Gasteiger partial charge in [0.15, 0.2) is 22.7 Å². The van der Waals surface area contributed by atoms with Gasteiger partial charge in [0.1, 0.15) is 11.3 Å². The van der Waals surface area contributed by atoms with Crippen LogP contribution in [0.1, 0.15) is 44.5 Å². The third-order valence-corrected chi connectivity index (χ3v) is 8.41. The monoisotopic (exact) mass is 647 g/mol. The normalized spacial score (nSPS) is 12.0. The Morgan fingerprint density at radius 3 is 2.38 bits per heavy atom. The summed E-state index contributed by atoms with van der Waals surface area (Å²) in [6, 6.07) is 24.9. The number of rotatable bonds is 12. The van der Waals surface area contributed by atoms with Crippen molar-refractivity contribution in [2.75, 3.05) is 44.5 Å². The number of hydrogen-bond donors (Lipinski definition) is 2. The summed E-state index contributed by atoms with van der Waals surface area (Å²) in [6.07, 6.45) is 1.82. The largest absolute Gasteiger partial charge is 0.493 e. The molecule has 2 heterocycles. The molecule has 4 aromatic carbocycles. The molecule has 1 aliphatic heterocycles. The minimum absolute atomic E-state index is 0.130. The van der Waals surface area contributed by atoms with Crippen molar-refractivity contribution in [2.45, 2.75) is 26.3 Å². The van der Waals surface area contributed by atoms with Gasteiger partial charge in [-0.2, -0.15) is 0 Å². The fraction of sp³-hybridized carbons (Fsp3) is 0.237. The Balaban J connectivity index is 1.14. The summed E-state index contributed by atoms with van der Waals surface area (Å²) in [5, 5.41) is 5.97. The summed E-state index contributed by atoms with van der Waals surface area (Å²) in [7, 11) is 2.91. The molecule has 2 amide bonds. The Morgan fingerprint density at radius 1 is 0.854 bits per heavy atom. The number of benzene rings is 4. The number of likely N-dealkylation sites (N-methyl/N-ethyl adjacent to an activating group) is 1. The number of carbonyl (C=O) groups excluding carboxylic acids is 2. The zero-order valence-electron chi connectivity index (χ0n) is 27.1. The quantitative estimate of drug-likeness (QED) is 0.162. The molecule has 0 bridgehead atoms. The van der Waals surface area contributed by atoms with E-state index in [-0.39, 0.29) is 28.0 Å². The molecule has 246 valence electrons. The minimum Gasteiger partial charge on any atom is -0.493 e. The average Bonchev–Trinajstić information content (AvgIpc) is 3.58. The molecule has 10 nitrogen and oxygen atoms in total. The number of anilines is 2. The number of ether oxygens (including phenoxy) is 3. The molecule has 0 unspecified atom stereocenters. The Bertz CT molecular complexity index is 2020. The summed E-state index contributed by atoms with van der Waals surface area (Å²) in [5.74, 6) is 0.239. The van der Waals surface area contributed by atoms with E-state index >= 15 is 0 Å². The molecule has 10 heteroatoms. The van der Waals surface area contributed by atoms with Crippen molar-refractivity contribution in [3.8, 4) is 17.2 Å². The highest BCUT2D eigenvalue weighted by molar-refractivity contribution is 6.12. The van der Waals surface area contributed by atoms with Gasteiger partial charge in [-0.3, -0.25) is 19.3 Å². The Hall–Kier alpha value is -5.61. The van der Waals surface area contributed by atoms with Crippen LogP contribution >= 0.6 is 0 Å². The molecule has 2 N–H and O–H groups in total. The Kier molecular flexibility index (Phi) is 9.73. The Morgan fingerprint density at radius 2 is 1.60 bits per heavy atom. The van der Waals surface area contributed by atoms with Crippen molar-refractivity contribution in [2.24, 2.45) is 0 Å². The van der Waals surface area contributed by atoms with Crippen LogP contribution in [-0.4, -0.2) is 50.6 Å². The first-order valence-corrected chi connectivity index (χ1v) is 15.8. The number of carbonyl (C=O) groups is 2. The molecule has 0 radical (unpaired) electrons. The van der Waals surface area contributed by atoms with Crippen LogP contribution < -0.4 is 30.3 Å². The van der Waals surface area contributed by atoms with Crippen molar-refractivity contribution in [3.63, 3.8) is 0 Å². The van der Waals surface area contributed by atoms with Gasteiger partial charge >= 0.3 is 0 Å². The number of fused-ring (bicyclic) bond motifs is 2. The zero-order chi connectivity index (χ0) is 33.6. The molecule has 0 saturated heterocycles. The van der Waals surface area contributed by atoms with Crippen molar-refractivity contribution >= 4 is 34.2 Å². The number of methoxy groups -OCH3 is 2. The second kappa shape index (κ2) is 14.4. The van der Waals surface area contributed by atoms with E-state index in [1.165, 1.54) is 37.5 Å². The minimum atomic E-state index is -0.699. The number of nitrogens with zero attached hydrogens (tertiary/aromatic N) is 1. The molecule has 1 aliphatic rings. The van der Waals surface area contributed by atoms with Crippen LogP contribution in [0.5, 0.6) is 17.2 Å². The van der Waals surface area contributed by atoms with E-state index in [2.05, 4.69) is 40.7 Å². The summed E-state index contributed by atoms with van der Waals surface area (Å²) < 4.78 is 22.2. The highest BCUT2D eigenvalue weighted by atomic mass is 16.5. The van der Waals surface area contributed by atoms with E-state index in [0.29, 0.717) is 22.6 Å². The maximum atomic E-state index is 13.6. The molecular weight excluding hydrogens is 610 g/mol. The van der Waals surface area contributed by atoms with Gasteiger partial charge in [0.2, 0.25) is 0 Å². The van der Waals surface area contributed by atoms with E-state index in [4.69, 9.17) is 18.6 Å². The van der Waals surface area contributed by atoms with E-state index in [1.807, 2.05) is 24.3 Å². The average molecular weight is 648 g/mol. The highest BCUT2D eigenvalue weighted by Crippen LogP contribution is 2.34. The molecule has 0 aliphatic carbocycles. The lowest BCUT2D eigenvalue weighted by molar-refractivity contribution is 0.0997. The molecule has 6 rings (SSSR count). The standard InChI is InChI=1S/C38H37N3O7/c1-4-41(23-25-11-14-32-26(19-25)16-18-47-32)17-15-24-9-12-27(13-10-24)39-37(43)29-20-34(45-2)35(46-3)21-30(29)40-38(44)36-22-31(42)28-7-5-6-8-33(28)48-36/h5-14,19-22H,4,15-18,23H2,1-3H3,(H,39,43)(H,40,44). The van der Waals surface area contributed by atoms with Gasteiger partial charge in [-0.25, -0.2) is 0 Å². The zero-order valence-corrected chi connectivity index (χ0v) is 27.1. The molecule has 0 saturated carbocycles. The molecule has 0 fully saturated rings. The van der Waals surface area contributed by atoms with Crippen LogP contribution in [0.4, 0.5) is 11.4 Å². The molecule has 0 atom stereocenters. The third kappa shape index (κ3) is 7.19. The van der Waals surface area contributed by atoms with Crippen LogP contribution in [0.15, 0.2) is 94.1 Å². The summed E-state index contributed by atoms with van der Waals surface area (Å²) in [6.45, 7) is 5.61. The van der Waals surface area contributed by atoms with Crippen LogP contribution in [-0.2, 0) is 19.4 Å². The smallest absolute Gasteiger partial charge is 0.291 e. The van der Waals surface area contributed by atoms with Gasteiger partial charge in [-0.05, 0) is 66.1 Å². The lowest BCUT2D eigenvalue weighted by Crippen LogP contribution is -2.25. The van der Waals surface area contributed by atoms with Crippen LogP contribution in [0, 0.1) is 0 Å². The number of nitrogens with one attached hydrogen (secondary N) is 2. The SMILES string of the molecule is CCN(CCc1ccc(NC(=O)c2cc(OC)c(OC)cc2NC(=O)c2cc(=O)c3ccccc3o2)cc1)Cc1ccc2c(c1)CCO2. The fourth-order valence-electron chi connectivity index (χ4n) is 5.76. The highest BCUT2D eigenvalue weighted by Gasteiger charge is 2.21. The first-order chi connectivity index (χ1) is 23.3. The van der Waals surface area contributed by atoms with Crippen molar-refractivity contribution < 1.29 is 28.2 Å². The molecule has 48 heavy (non-hydrogen) atoms. The van der Waals surface area contributed by atoms with Gasteiger partial charge in [0.25, 0.3) is 11.8 Å². The summed E-state index contributed by atoms with van der Waals surface area (Å²) in [5.41, 5.74) is 4.50. The second-order valence-electron chi connectivity index (χ2n) is 11.5. The fourth-order valence-corrected chi connectivity index (χ4v) is 5.76. The maximum Gasteiger partial charge on any atom is 0.291 e. The molecular formula is C38H37N3O7. The summed E-state index contributed by atoms with van der Waals surface area (Å²) in [4.78, 5) is 41.8. The predicted octanol–water partition coefficient (Wildman–Crippen LogP) is 6.31. The van der Waals surface area contributed by atoms with Gasteiger partial charge in [0, 0.05) is 37.3 Å². The molecule has 1 aromatic heterocycles. The topological polar surface area (TPSA) is 119 Å². The van der Waals surface area contributed by atoms with Crippen LogP contribution in [0.25, 0.3) is 11.0 Å². The van der Waals surface area contributed by atoms with Gasteiger partial charge in [-0.15, -0.1) is 0 Å². The van der Waals surface area contributed by atoms with Gasteiger partial charge < -0.3 is 29.3 Å². The van der Waals surface area contributed by atoms with E-state index in [0.717, 1.165) is 56.5 Å². The van der Waals surface area contributed by atoms with E-state index in [1.54, 1.807) is 24.3 Å². The lowest BCUT2D eigenvalue weighted by atomic mass is 10.1. The van der Waals surface area contributed by atoms with Crippen LogP contribution in [0.2, 0.25) is 0 Å². The summed E-state index contributed by atoms with van der Waals surface area (Å²) >= 11 is 0. The van der Waals surface area contributed by atoms with E-state index in [9.17, 15) is 14.4 Å². The number of para-hydroxylation sites is 1. The Labute approximate surface area is 278 Å². The van der Waals surface area contributed by atoms with Crippen molar-refractivity contribution in [1.29, 1.82) is 0 Å². The third-order valence-electron chi connectivity index (χ3n) is 8.41. The first-order valence-electron chi connectivity index (χ1n) is 15.8. The van der Waals surface area contributed by atoms with E-state index < -0.39 is 11.8 Å². The lowest BCUT2D eigenvalue weighted by Gasteiger charge is -2.21. The van der Waals surface area contributed by atoms with Gasteiger partial charge in [0.05, 0.1) is 37.5 Å². The second-order valence-corrected chi connectivity index (χ2v) is 11.5. The number of hydrogen-bond acceptors (Lipinski definition) is 8. The maximum absolute atomic E-state index is 13.6.